The van der Waals surface area contributed by atoms with Gasteiger partial charge in [-0.3, -0.25) is 0 Å². The van der Waals surface area contributed by atoms with Crippen molar-refractivity contribution in [2.24, 2.45) is 0 Å². The minimum atomic E-state index is 0.817. The molecule has 3 nitrogen and oxygen atoms in total. The lowest BCUT2D eigenvalue weighted by Crippen LogP contribution is -2.01. The number of H-pyrrole nitrogens is 1. The molecule has 1 aliphatic carbocycles. The molecule has 0 saturated heterocycles. The highest BCUT2D eigenvalue weighted by molar-refractivity contribution is 5.59. The number of fused-ring (bicyclic) bond motifs is 1. The summed E-state index contributed by atoms with van der Waals surface area (Å²) in [5.74, 6) is 0.884. The van der Waals surface area contributed by atoms with E-state index < -0.39 is 0 Å². The molecule has 13 heavy (non-hydrogen) atoms. The second-order valence-electron chi connectivity index (χ2n) is 3.40. The molecule has 0 fully saturated rings. The van der Waals surface area contributed by atoms with Gasteiger partial charge in [0.15, 0.2) is 0 Å². The number of aryl methyl sites for hydroxylation is 1. The van der Waals surface area contributed by atoms with Gasteiger partial charge in [0.05, 0.1) is 5.56 Å². The van der Waals surface area contributed by atoms with E-state index >= 15 is 0 Å². The number of nitrogens with one attached hydrogen (secondary N) is 2. The van der Waals surface area contributed by atoms with Crippen molar-refractivity contribution in [3.8, 4) is 6.07 Å². The number of hydrogen-bond donors (Lipinski definition) is 2. The van der Waals surface area contributed by atoms with Gasteiger partial charge in [-0.25, -0.2) is 0 Å². The summed E-state index contributed by atoms with van der Waals surface area (Å²) in [4.78, 5) is 3.27. The lowest BCUT2D eigenvalue weighted by molar-refractivity contribution is 0.676. The van der Waals surface area contributed by atoms with Gasteiger partial charge >= 0.3 is 0 Å². The van der Waals surface area contributed by atoms with Crippen LogP contribution in [-0.4, -0.2) is 12.0 Å². The van der Waals surface area contributed by atoms with Gasteiger partial charge < -0.3 is 10.3 Å². The SMILES string of the molecule is CNc1[nH]c2c(c1C#N)CCCC2. The molecule has 2 N–H and O–H groups in total. The predicted molar refractivity (Wildman–Crippen MR) is 51.7 cm³/mol. The van der Waals surface area contributed by atoms with Gasteiger partial charge in [-0.1, -0.05) is 0 Å². The Hall–Kier alpha value is -1.43. The summed E-state index contributed by atoms with van der Waals surface area (Å²) >= 11 is 0. The minimum absolute atomic E-state index is 0.817. The fourth-order valence-corrected chi connectivity index (χ4v) is 1.99. The quantitative estimate of drug-likeness (QED) is 0.683. The van der Waals surface area contributed by atoms with Crippen LogP contribution in [0, 0.1) is 11.3 Å². The summed E-state index contributed by atoms with van der Waals surface area (Å²) in [6.07, 6.45) is 4.59. The molecule has 68 valence electrons. The summed E-state index contributed by atoms with van der Waals surface area (Å²) in [6.45, 7) is 0. The Morgan fingerprint density at radius 3 is 2.85 bits per heavy atom. The van der Waals surface area contributed by atoms with E-state index in [4.69, 9.17) is 5.26 Å². The van der Waals surface area contributed by atoms with Crippen LogP contribution in [0.15, 0.2) is 0 Å². The molecular formula is C10H13N3. The van der Waals surface area contributed by atoms with Crippen molar-refractivity contribution in [3.63, 3.8) is 0 Å². The summed E-state index contributed by atoms with van der Waals surface area (Å²) < 4.78 is 0. The lowest BCUT2D eigenvalue weighted by atomic mass is 9.95. The third-order valence-electron chi connectivity index (χ3n) is 2.66. The Morgan fingerprint density at radius 1 is 1.38 bits per heavy atom. The Bertz CT molecular complexity index is 357. The van der Waals surface area contributed by atoms with Crippen LogP contribution >= 0.6 is 0 Å². The molecule has 3 heteroatoms. The van der Waals surface area contributed by atoms with Crippen molar-refractivity contribution in [1.82, 2.24) is 4.98 Å². The zero-order valence-electron chi connectivity index (χ0n) is 7.78. The maximum absolute atomic E-state index is 8.98. The molecule has 0 aromatic carbocycles. The Labute approximate surface area is 77.8 Å². The van der Waals surface area contributed by atoms with Gasteiger partial charge in [-0.2, -0.15) is 5.26 Å². The Morgan fingerprint density at radius 2 is 2.15 bits per heavy atom. The monoisotopic (exact) mass is 175 g/mol. The van der Waals surface area contributed by atoms with Gasteiger partial charge in [-0.15, -0.1) is 0 Å². The van der Waals surface area contributed by atoms with E-state index in [1.165, 1.54) is 24.1 Å². The standard InChI is InChI=1S/C10H13N3/c1-12-10-8(6-11)7-4-2-3-5-9(7)13-10/h12-13H,2-5H2,1H3. The molecule has 0 aliphatic heterocycles. The molecule has 0 saturated carbocycles. The van der Waals surface area contributed by atoms with Gasteiger partial charge in [0.2, 0.25) is 0 Å². The van der Waals surface area contributed by atoms with E-state index in [1.807, 2.05) is 7.05 Å². The molecule has 1 aromatic rings. The van der Waals surface area contributed by atoms with E-state index in [0.717, 1.165) is 24.2 Å². The third-order valence-corrected chi connectivity index (χ3v) is 2.66. The van der Waals surface area contributed by atoms with Crippen LogP contribution in [0.4, 0.5) is 5.82 Å². The highest BCUT2D eigenvalue weighted by Crippen LogP contribution is 2.28. The molecule has 2 rings (SSSR count). The first-order valence-electron chi connectivity index (χ1n) is 4.68. The molecule has 0 amide bonds. The van der Waals surface area contributed by atoms with Gasteiger partial charge in [0.25, 0.3) is 0 Å². The first-order chi connectivity index (χ1) is 6.36. The highest BCUT2D eigenvalue weighted by atomic mass is 15.0. The molecule has 0 atom stereocenters. The number of anilines is 1. The molecule has 0 spiro atoms. The maximum Gasteiger partial charge on any atom is 0.121 e. The van der Waals surface area contributed by atoms with Crippen LogP contribution in [0.3, 0.4) is 0 Å². The number of aromatic nitrogens is 1. The molecule has 1 aliphatic rings. The van der Waals surface area contributed by atoms with Crippen molar-refractivity contribution < 1.29 is 0 Å². The Kier molecular flexibility index (Phi) is 1.97. The summed E-state index contributed by atoms with van der Waals surface area (Å²) in [7, 11) is 1.85. The van der Waals surface area contributed by atoms with E-state index in [1.54, 1.807) is 0 Å². The molecule has 0 bridgehead atoms. The maximum atomic E-state index is 8.98. The number of rotatable bonds is 1. The number of nitriles is 1. The van der Waals surface area contributed by atoms with Crippen molar-refractivity contribution in [2.75, 3.05) is 12.4 Å². The molecule has 0 radical (unpaired) electrons. The zero-order valence-corrected chi connectivity index (χ0v) is 7.78. The number of hydrogen-bond acceptors (Lipinski definition) is 2. The summed E-state index contributed by atoms with van der Waals surface area (Å²) in [5, 5.41) is 12.0. The number of nitrogens with zero attached hydrogens (tertiary/aromatic N) is 1. The van der Waals surface area contributed by atoms with E-state index in [-0.39, 0.29) is 0 Å². The van der Waals surface area contributed by atoms with Crippen LogP contribution < -0.4 is 5.32 Å². The summed E-state index contributed by atoms with van der Waals surface area (Å²) in [5.41, 5.74) is 3.31. The first-order valence-corrected chi connectivity index (χ1v) is 4.68. The molecular weight excluding hydrogens is 162 g/mol. The van der Waals surface area contributed by atoms with Crippen LogP contribution in [0.2, 0.25) is 0 Å². The van der Waals surface area contributed by atoms with Crippen molar-refractivity contribution in [1.29, 1.82) is 5.26 Å². The molecule has 1 aromatic heterocycles. The average Bonchev–Trinajstić information content (AvgIpc) is 2.55. The van der Waals surface area contributed by atoms with Gasteiger partial charge in [-0.05, 0) is 31.2 Å². The van der Waals surface area contributed by atoms with Crippen LogP contribution in [0.25, 0.3) is 0 Å². The smallest absolute Gasteiger partial charge is 0.121 e. The fourth-order valence-electron chi connectivity index (χ4n) is 1.99. The van der Waals surface area contributed by atoms with E-state index in [9.17, 15) is 0 Å². The topological polar surface area (TPSA) is 51.6 Å². The predicted octanol–water partition coefficient (Wildman–Crippen LogP) is 1.81. The van der Waals surface area contributed by atoms with Crippen LogP contribution in [0.5, 0.6) is 0 Å². The minimum Gasteiger partial charge on any atom is -0.374 e. The second-order valence-corrected chi connectivity index (χ2v) is 3.40. The van der Waals surface area contributed by atoms with E-state index in [0.29, 0.717) is 0 Å². The fraction of sp³-hybridized carbons (Fsp3) is 0.500. The molecule has 1 heterocycles. The number of aromatic amines is 1. The first kappa shape index (κ1) is 8.18. The van der Waals surface area contributed by atoms with Gasteiger partial charge in [0, 0.05) is 12.7 Å². The zero-order chi connectivity index (χ0) is 9.26. The largest absolute Gasteiger partial charge is 0.374 e. The van der Waals surface area contributed by atoms with Crippen molar-refractivity contribution in [2.45, 2.75) is 25.7 Å². The van der Waals surface area contributed by atoms with Crippen molar-refractivity contribution >= 4 is 5.82 Å². The Balaban J connectivity index is 2.52. The summed E-state index contributed by atoms with van der Waals surface area (Å²) in [6, 6.07) is 2.26. The van der Waals surface area contributed by atoms with E-state index in [2.05, 4.69) is 16.4 Å². The van der Waals surface area contributed by atoms with Crippen LogP contribution in [-0.2, 0) is 12.8 Å². The van der Waals surface area contributed by atoms with Crippen LogP contribution in [0.1, 0.15) is 29.7 Å². The second kappa shape index (κ2) is 3.14. The average molecular weight is 175 g/mol. The normalized spacial score (nSPS) is 14.8. The lowest BCUT2D eigenvalue weighted by Gasteiger charge is -2.09. The van der Waals surface area contributed by atoms with Crippen molar-refractivity contribution in [3.05, 3.63) is 16.8 Å². The van der Waals surface area contributed by atoms with Gasteiger partial charge in [0.1, 0.15) is 11.9 Å². The molecule has 0 unspecified atom stereocenters. The highest BCUT2D eigenvalue weighted by Gasteiger charge is 2.18. The third kappa shape index (κ3) is 1.19.